The number of halogens is 2. The van der Waals surface area contributed by atoms with Crippen molar-refractivity contribution in [3.8, 4) is 28.1 Å². The number of carboxylic acid groups (broad SMARTS) is 1. The van der Waals surface area contributed by atoms with Gasteiger partial charge in [0.25, 0.3) is 0 Å². The third kappa shape index (κ3) is 7.08. The van der Waals surface area contributed by atoms with Crippen molar-refractivity contribution in [2.45, 2.75) is 104 Å². The van der Waals surface area contributed by atoms with Crippen molar-refractivity contribution in [3.05, 3.63) is 70.9 Å². The summed E-state index contributed by atoms with van der Waals surface area (Å²) in [6.07, 6.45) is 4.03. The van der Waals surface area contributed by atoms with E-state index in [1.54, 1.807) is 25.1 Å². The summed E-state index contributed by atoms with van der Waals surface area (Å²) in [6.45, 7) is 12.6. The van der Waals surface area contributed by atoms with Gasteiger partial charge in [0.05, 0.1) is 35.2 Å². The molecule has 4 aromatic rings. The van der Waals surface area contributed by atoms with Crippen molar-refractivity contribution >= 4 is 17.4 Å². The van der Waals surface area contributed by atoms with Crippen molar-refractivity contribution in [2.75, 3.05) is 24.6 Å². The molecule has 0 saturated carbocycles. The van der Waals surface area contributed by atoms with E-state index in [2.05, 4.69) is 11.8 Å². The fourth-order valence-corrected chi connectivity index (χ4v) is 7.13. The second-order valence-corrected chi connectivity index (χ2v) is 14.8. The summed E-state index contributed by atoms with van der Waals surface area (Å²) < 4.78 is 51.0. The average Bonchev–Trinajstić information content (AvgIpc) is 3.50. The first kappa shape index (κ1) is 35.8. The third-order valence-electron chi connectivity index (χ3n) is 9.83. The number of aliphatic carboxylic acids is 1. The van der Waals surface area contributed by atoms with E-state index in [4.69, 9.17) is 19.2 Å². The molecule has 6 bridgehead atoms. The summed E-state index contributed by atoms with van der Waals surface area (Å²) in [5, 5.41) is 21.3. The highest BCUT2D eigenvalue weighted by Crippen LogP contribution is 2.42. The first-order valence-corrected chi connectivity index (χ1v) is 17.4. The molecule has 1 fully saturated rings. The van der Waals surface area contributed by atoms with Gasteiger partial charge in [-0.1, -0.05) is 18.2 Å². The number of aromatic nitrogens is 2. The van der Waals surface area contributed by atoms with Crippen LogP contribution in [0.3, 0.4) is 0 Å². The van der Waals surface area contributed by atoms with Crippen molar-refractivity contribution in [2.24, 2.45) is 0 Å². The molecule has 5 heterocycles. The van der Waals surface area contributed by atoms with Gasteiger partial charge in [-0.2, -0.15) is 0 Å². The number of hydrogen-bond donors (Lipinski definition) is 2. The molecule has 2 aromatic heterocycles. The summed E-state index contributed by atoms with van der Waals surface area (Å²) in [6, 6.07) is 9.58. The SMILES string of the molecule is Cc1c([C@H](OC(C)(C)C)C(=O)O)c2n3cc(nc3c1CO)-c1cccc(c1)-c1c(ccc(F)c1F)O[C@@H](C)CCCCOC1(C)CCN2CC1. The number of aliphatic hydroxyl groups is 1. The summed E-state index contributed by atoms with van der Waals surface area (Å²) in [5.41, 5.74) is 2.39. The Morgan fingerprint density at radius 3 is 2.54 bits per heavy atom. The zero-order valence-electron chi connectivity index (χ0n) is 29.7. The molecule has 3 aliphatic heterocycles. The number of rotatable bonds is 4. The van der Waals surface area contributed by atoms with Crippen LogP contribution < -0.4 is 9.64 Å². The maximum absolute atomic E-state index is 15.6. The molecule has 2 atom stereocenters. The lowest BCUT2D eigenvalue weighted by Crippen LogP contribution is -2.45. The van der Waals surface area contributed by atoms with Gasteiger partial charge in [-0.15, -0.1) is 0 Å². The van der Waals surface area contributed by atoms with Gasteiger partial charge < -0.3 is 29.3 Å². The second-order valence-electron chi connectivity index (χ2n) is 14.8. The van der Waals surface area contributed by atoms with Gasteiger partial charge in [0.2, 0.25) is 0 Å². The van der Waals surface area contributed by atoms with Crippen LogP contribution in [0.5, 0.6) is 5.75 Å². The van der Waals surface area contributed by atoms with E-state index in [0.717, 1.165) is 18.9 Å². The third-order valence-corrected chi connectivity index (χ3v) is 9.83. The van der Waals surface area contributed by atoms with E-state index in [-0.39, 0.29) is 29.6 Å². The molecule has 7 rings (SSSR count). The number of ether oxygens (including phenoxy) is 3. The number of anilines is 1. The van der Waals surface area contributed by atoms with E-state index < -0.39 is 29.3 Å². The van der Waals surface area contributed by atoms with Gasteiger partial charge in [0.1, 0.15) is 17.2 Å². The van der Waals surface area contributed by atoms with E-state index in [1.165, 1.54) is 6.07 Å². The van der Waals surface area contributed by atoms with Crippen molar-refractivity contribution in [1.82, 2.24) is 9.38 Å². The number of piperidine rings is 1. The number of pyridine rings is 1. The first-order chi connectivity index (χ1) is 23.7. The number of hydrogen-bond acceptors (Lipinski definition) is 7. The molecule has 0 spiro atoms. The summed E-state index contributed by atoms with van der Waals surface area (Å²) in [7, 11) is 0. The number of carboxylic acids is 1. The normalized spacial score (nSPS) is 20.8. The van der Waals surface area contributed by atoms with Crippen LogP contribution in [0.4, 0.5) is 14.6 Å². The Kier molecular flexibility index (Phi) is 9.96. The quantitative estimate of drug-likeness (QED) is 0.222. The maximum atomic E-state index is 15.6. The molecule has 1 saturated heterocycles. The number of imidazole rings is 1. The Morgan fingerprint density at radius 2 is 1.86 bits per heavy atom. The summed E-state index contributed by atoms with van der Waals surface area (Å²) in [4.78, 5) is 20.1. The fourth-order valence-electron chi connectivity index (χ4n) is 7.13. The van der Waals surface area contributed by atoms with Gasteiger partial charge in [-0.05, 0) is 103 Å². The highest BCUT2D eigenvalue weighted by molar-refractivity contribution is 5.82. The summed E-state index contributed by atoms with van der Waals surface area (Å²) in [5.74, 6) is -2.25. The van der Waals surface area contributed by atoms with Crippen LogP contribution in [0.1, 0.15) is 89.5 Å². The van der Waals surface area contributed by atoms with Crippen LogP contribution in [-0.2, 0) is 20.9 Å². The Labute approximate surface area is 291 Å². The van der Waals surface area contributed by atoms with Crippen LogP contribution in [0.15, 0.2) is 42.6 Å². The maximum Gasteiger partial charge on any atom is 0.337 e. The molecule has 0 aliphatic carbocycles. The van der Waals surface area contributed by atoms with E-state index in [9.17, 15) is 19.4 Å². The Balaban J connectivity index is 1.60. The highest BCUT2D eigenvalue weighted by Gasteiger charge is 2.38. The zero-order chi connectivity index (χ0) is 36.0. The Bertz CT molecular complexity index is 1890. The average molecular weight is 692 g/mol. The predicted octanol–water partition coefficient (Wildman–Crippen LogP) is 8.01. The molecular weight excluding hydrogens is 644 g/mol. The lowest BCUT2D eigenvalue weighted by Gasteiger charge is -2.42. The lowest BCUT2D eigenvalue weighted by molar-refractivity contribution is -0.160. The number of nitrogens with zero attached hydrogens (tertiary/aromatic N) is 3. The van der Waals surface area contributed by atoms with Gasteiger partial charge >= 0.3 is 5.97 Å². The molecular formula is C39H47F2N3O6. The topological polar surface area (TPSA) is 106 Å². The Morgan fingerprint density at radius 1 is 1.14 bits per heavy atom. The van der Waals surface area contributed by atoms with Gasteiger partial charge in [0, 0.05) is 42.6 Å². The summed E-state index contributed by atoms with van der Waals surface area (Å²) >= 11 is 0. The molecule has 0 unspecified atom stereocenters. The monoisotopic (exact) mass is 691 g/mol. The Hall–Kier alpha value is -4.06. The molecule has 268 valence electrons. The second kappa shape index (κ2) is 13.9. The van der Waals surface area contributed by atoms with Crippen LogP contribution in [0, 0.1) is 18.6 Å². The van der Waals surface area contributed by atoms with Crippen LogP contribution in [0.2, 0.25) is 0 Å². The molecule has 3 aliphatic rings. The minimum atomic E-state index is -1.33. The van der Waals surface area contributed by atoms with Crippen molar-refractivity contribution < 1.29 is 38.0 Å². The highest BCUT2D eigenvalue weighted by atomic mass is 19.2. The van der Waals surface area contributed by atoms with E-state index in [0.29, 0.717) is 83.9 Å². The zero-order valence-corrected chi connectivity index (χ0v) is 29.7. The standard InChI is InChI=1S/C39H47F2N3O6/c1-23-10-7-8-19-48-39(6)15-17-43(18-16-39)36-31(34(37(46)47)50-38(3,4)5)24(2)27(22-45)35-42-29(21-44(35)36)25-11-9-12-26(20-25)32-30(49-23)14-13-28(40)33(32)41/h9,11-14,20-21,23,34,45H,7-8,10,15-19,22H2,1-6H3,(H,46,47)/t23-,34-/m0/s1. The van der Waals surface area contributed by atoms with Crippen molar-refractivity contribution in [1.29, 1.82) is 0 Å². The molecule has 9 nitrogen and oxygen atoms in total. The largest absolute Gasteiger partial charge is 0.490 e. The molecule has 2 N–H and O–H groups in total. The van der Waals surface area contributed by atoms with Crippen LogP contribution >= 0.6 is 0 Å². The van der Waals surface area contributed by atoms with Gasteiger partial charge in [-0.3, -0.25) is 4.40 Å². The molecule has 0 amide bonds. The number of carbonyl (C=O) groups is 1. The molecule has 0 radical (unpaired) electrons. The minimum absolute atomic E-state index is 0.0232. The minimum Gasteiger partial charge on any atom is -0.490 e. The number of fused-ring (bicyclic) bond motifs is 8. The predicted molar refractivity (Wildman–Crippen MR) is 188 cm³/mol. The lowest BCUT2D eigenvalue weighted by atomic mass is 9.91. The first-order valence-electron chi connectivity index (χ1n) is 17.4. The van der Waals surface area contributed by atoms with Gasteiger partial charge in [-0.25, -0.2) is 18.6 Å². The van der Waals surface area contributed by atoms with E-state index >= 15 is 4.39 Å². The van der Waals surface area contributed by atoms with Crippen LogP contribution in [0.25, 0.3) is 28.0 Å². The molecule has 50 heavy (non-hydrogen) atoms. The number of benzene rings is 2. The molecule has 11 heteroatoms. The van der Waals surface area contributed by atoms with Crippen molar-refractivity contribution in [3.63, 3.8) is 0 Å². The smallest absolute Gasteiger partial charge is 0.337 e. The van der Waals surface area contributed by atoms with Crippen LogP contribution in [-0.4, -0.2) is 62.6 Å². The molecule has 2 aromatic carbocycles. The number of aliphatic hydroxyl groups excluding tert-OH is 1. The van der Waals surface area contributed by atoms with E-state index in [1.807, 2.05) is 44.4 Å². The fraction of sp³-hybridized carbons (Fsp3) is 0.487. The van der Waals surface area contributed by atoms with Gasteiger partial charge in [0.15, 0.2) is 17.7 Å².